The number of rotatable bonds is 5. The molecule has 0 aromatic heterocycles. The van der Waals surface area contributed by atoms with Gasteiger partial charge >= 0.3 is 12.1 Å². The van der Waals surface area contributed by atoms with Gasteiger partial charge in [-0.2, -0.15) is 0 Å². The highest BCUT2D eigenvalue weighted by Crippen LogP contribution is 2.44. The van der Waals surface area contributed by atoms with Crippen LogP contribution >= 0.6 is 15.9 Å². The summed E-state index contributed by atoms with van der Waals surface area (Å²) in [4.78, 5) is 23.3. The van der Waals surface area contributed by atoms with Gasteiger partial charge in [0.15, 0.2) is 0 Å². The van der Waals surface area contributed by atoms with Gasteiger partial charge in [0, 0.05) is 16.1 Å². The van der Waals surface area contributed by atoms with Gasteiger partial charge in [0.05, 0.1) is 6.42 Å². The van der Waals surface area contributed by atoms with Crippen molar-refractivity contribution in [1.29, 1.82) is 0 Å². The molecule has 146 valence electrons. The molecule has 1 aliphatic carbocycles. The van der Waals surface area contributed by atoms with Gasteiger partial charge in [-0.15, -0.1) is 0 Å². The summed E-state index contributed by atoms with van der Waals surface area (Å²) in [5.74, 6) is -0.951. The number of carboxylic acid groups (broad SMARTS) is 1. The molecule has 0 radical (unpaired) electrons. The van der Waals surface area contributed by atoms with Crippen molar-refractivity contribution in [1.82, 2.24) is 0 Å². The zero-order chi connectivity index (χ0) is 20.4. The second-order valence-electron chi connectivity index (χ2n) is 6.87. The molecule has 0 heterocycles. The molecule has 3 aromatic carbocycles. The maximum absolute atomic E-state index is 12.4. The van der Waals surface area contributed by atoms with Gasteiger partial charge < -0.3 is 9.84 Å². The molecular formula is C23H18BrNO4. The highest BCUT2D eigenvalue weighted by Gasteiger charge is 2.29. The number of carboxylic acids is 1. The number of fused-ring (bicyclic) bond motifs is 3. The minimum atomic E-state index is -0.935. The fraction of sp³-hybridized carbons (Fsp3) is 0.130. The molecule has 0 saturated carbocycles. The van der Waals surface area contributed by atoms with Crippen LogP contribution in [-0.2, 0) is 16.0 Å². The van der Waals surface area contributed by atoms with Gasteiger partial charge in [0.1, 0.15) is 6.61 Å². The summed E-state index contributed by atoms with van der Waals surface area (Å²) in [6, 6.07) is 21.3. The van der Waals surface area contributed by atoms with E-state index in [4.69, 9.17) is 9.84 Å². The summed E-state index contributed by atoms with van der Waals surface area (Å²) in [5.41, 5.74) is 5.69. The zero-order valence-corrected chi connectivity index (χ0v) is 17.0. The first-order valence-corrected chi connectivity index (χ1v) is 9.94. The Morgan fingerprint density at radius 2 is 1.59 bits per heavy atom. The van der Waals surface area contributed by atoms with E-state index in [2.05, 4.69) is 45.5 Å². The third-order valence-corrected chi connectivity index (χ3v) is 5.36. The third-order valence-electron chi connectivity index (χ3n) is 4.90. The van der Waals surface area contributed by atoms with Crippen LogP contribution < -0.4 is 5.32 Å². The molecule has 0 atom stereocenters. The summed E-state index contributed by atoms with van der Waals surface area (Å²) in [6.45, 7) is 0.218. The highest BCUT2D eigenvalue weighted by atomic mass is 79.9. The minimum Gasteiger partial charge on any atom is -0.481 e. The van der Waals surface area contributed by atoms with Crippen molar-refractivity contribution in [3.8, 4) is 11.1 Å². The Bertz CT molecular complexity index is 1050. The molecule has 5 nitrogen and oxygen atoms in total. The van der Waals surface area contributed by atoms with Gasteiger partial charge in [-0.25, -0.2) is 4.79 Å². The first kappa shape index (κ1) is 19.2. The molecular weight excluding hydrogens is 434 g/mol. The van der Waals surface area contributed by atoms with Crippen molar-refractivity contribution in [2.24, 2.45) is 0 Å². The summed E-state index contributed by atoms with van der Waals surface area (Å²) in [7, 11) is 0. The number of hydrogen-bond donors (Lipinski definition) is 2. The molecule has 0 spiro atoms. The Morgan fingerprint density at radius 3 is 2.21 bits per heavy atom. The van der Waals surface area contributed by atoms with Crippen molar-refractivity contribution in [2.75, 3.05) is 11.9 Å². The van der Waals surface area contributed by atoms with E-state index in [9.17, 15) is 9.59 Å². The monoisotopic (exact) mass is 451 g/mol. The molecule has 2 N–H and O–H groups in total. The van der Waals surface area contributed by atoms with E-state index in [1.165, 1.54) is 11.1 Å². The highest BCUT2D eigenvalue weighted by molar-refractivity contribution is 9.10. The second-order valence-corrected chi connectivity index (χ2v) is 7.78. The lowest BCUT2D eigenvalue weighted by molar-refractivity contribution is -0.136. The largest absolute Gasteiger partial charge is 0.481 e. The summed E-state index contributed by atoms with van der Waals surface area (Å²) < 4.78 is 6.21. The number of amides is 1. The quantitative estimate of drug-likeness (QED) is 0.541. The minimum absolute atomic E-state index is 0.0155. The zero-order valence-electron chi connectivity index (χ0n) is 15.4. The lowest BCUT2D eigenvalue weighted by Gasteiger charge is -2.15. The van der Waals surface area contributed by atoms with Crippen molar-refractivity contribution in [3.63, 3.8) is 0 Å². The third kappa shape index (κ3) is 4.17. The lowest BCUT2D eigenvalue weighted by Crippen LogP contribution is -2.18. The number of benzene rings is 3. The topological polar surface area (TPSA) is 75.6 Å². The molecule has 4 rings (SSSR count). The first-order chi connectivity index (χ1) is 14.0. The normalized spacial score (nSPS) is 12.2. The molecule has 1 aliphatic rings. The average molecular weight is 452 g/mol. The Morgan fingerprint density at radius 1 is 0.966 bits per heavy atom. The molecule has 3 aromatic rings. The molecule has 0 fully saturated rings. The molecule has 0 unspecified atom stereocenters. The second kappa shape index (κ2) is 8.09. The number of carbonyl (C=O) groups is 2. The SMILES string of the molecule is O=C(O)Cc1cc(Br)cc(NC(=O)OCC2c3ccccc3-c3ccccc32)c1. The number of hydrogen-bond acceptors (Lipinski definition) is 3. The smallest absolute Gasteiger partial charge is 0.411 e. The van der Waals surface area contributed by atoms with Crippen molar-refractivity contribution < 1.29 is 19.4 Å². The van der Waals surface area contributed by atoms with Crippen LogP contribution in [0.25, 0.3) is 11.1 Å². The van der Waals surface area contributed by atoms with Crippen LogP contribution in [0.1, 0.15) is 22.6 Å². The standard InChI is InChI=1S/C23H18BrNO4/c24-15-9-14(11-22(26)27)10-16(12-15)25-23(28)29-13-21-19-7-3-1-5-17(19)18-6-2-4-8-20(18)21/h1-10,12,21H,11,13H2,(H,25,28)(H,26,27). The van der Waals surface area contributed by atoms with Crippen LogP contribution in [-0.4, -0.2) is 23.8 Å². The van der Waals surface area contributed by atoms with Crippen LogP contribution in [0.2, 0.25) is 0 Å². The molecule has 0 aliphatic heterocycles. The van der Waals surface area contributed by atoms with E-state index in [1.807, 2.05) is 24.3 Å². The molecule has 6 heteroatoms. The van der Waals surface area contributed by atoms with Gasteiger partial charge in [0.2, 0.25) is 0 Å². The average Bonchev–Trinajstić information content (AvgIpc) is 2.99. The Balaban J connectivity index is 1.47. The summed E-state index contributed by atoms with van der Waals surface area (Å²) >= 11 is 3.34. The van der Waals surface area contributed by atoms with Crippen LogP contribution in [0.4, 0.5) is 10.5 Å². The van der Waals surface area contributed by atoms with Crippen molar-refractivity contribution >= 4 is 33.7 Å². The number of carbonyl (C=O) groups excluding carboxylic acids is 1. The molecule has 29 heavy (non-hydrogen) atoms. The van der Waals surface area contributed by atoms with Gasteiger partial charge in [-0.3, -0.25) is 10.1 Å². The van der Waals surface area contributed by atoms with Gasteiger partial charge in [0.25, 0.3) is 0 Å². The predicted octanol–water partition coefficient (Wildman–Crippen LogP) is 5.44. The maximum Gasteiger partial charge on any atom is 0.411 e. The lowest BCUT2D eigenvalue weighted by atomic mass is 9.98. The van der Waals surface area contributed by atoms with Crippen molar-refractivity contribution in [3.05, 3.63) is 87.9 Å². The van der Waals surface area contributed by atoms with E-state index < -0.39 is 12.1 Å². The number of aliphatic carboxylic acids is 1. The van der Waals surface area contributed by atoms with Crippen LogP contribution in [0.3, 0.4) is 0 Å². The van der Waals surface area contributed by atoms with E-state index in [0.29, 0.717) is 15.7 Å². The van der Waals surface area contributed by atoms with E-state index in [-0.39, 0.29) is 18.9 Å². The molecule has 0 saturated heterocycles. The van der Waals surface area contributed by atoms with Crippen LogP contribution in [0.15, 0.2) is 71.2 Å². The van der Waals surface area contributed by atoms with Crippen LogP contribution in [0.5, 0.6) is 0 Å². The van der Waals surface area contributed by atoms with E-state index >= 15 is 0 Å². The number of halogens is 1. The fourth-order valence-corrected chi connectivity index (χ4v) is 4.29. The number of anilines is 1. The predicted molar refractivity (Wildman–Crippen MR) is 114 cm³/mol. The molecule has 0 bridgehead atoms. The Kier molecular flexibility index (Phi) is 5.36. The van der Waals surface area contributed by atoms with Crippen LogP contribution in [0, 0.1) is 0 Å². The van der Waals surface area contributed by atoms with E-state index in [1.54, 1.807) is 18.2 Å². The Hall–Kier alpha value is -3.12. The van der Waals surface area contributed by atoms with Crippen molar-refractivity contribution in [2.45, 2.75) is 12.3 Å². The summed E-state index contributed by atoms with van der Waals surface area (Å²) in [5, 5.41) is 11.7. The maximum atomic E-state index is 12.4. The Labute approximate surface area is 176 Å². The van der Waals surface area contributed by atoms with Gasteiger partial charge in [-0.1, -0.05) is 64.5 Å². The number of nitrogens with one attached hydrogen (secondary N) is 1. The van der Waals surface area contributed by atoms with Gasteiger partial charge in [-0.05, 0) is 46.0 Å². The summed E-state index contributed by atoms with van der Waals surface area (Å²) in [6.07, 6.45) is -0.704. The fourth-order valence-electron chi connectivity index (χ4n) is 3.75. The first-order valence-electron chi connectivity index (χ1n) is 9.14. The van der Waals surface area contributed by atoms with E-state index in [0.717, 1.165) is 11.1 Å². The molecule has 1 amide bonds. The number of ether oxygens (including phenoxy) is 1.